The van der Waals surface area contributed by atoms with Gasteiger partial charge >= 0.3 is 0 Å². The molecule has 1 amide bonds. The van der Waals surface area contributed by atoms with E-state index in [0.29, 0.717) is 30.6 Å². The highest BCUT2D eigenvalue weighted by atomic mass is 16.5. The van der Waals surface area contributed by atoms with Gasteiger partial charge in [0, 0.05) is 25.2 Å². The van der Waals surface area contributed by atoms with E-state index >= 15 is 0 Å². The number of nitrogens with one attached hydrogen (secondary N) is 2. The Bertz CT molecular complexity index is 911. The third-order valence-corrected chi connectivity index (χ3v) is 5.49. The molecule has 0 aliphatic carbocycles. The number of hydrogen-bond acceptors (Lipinski definition) is 5. The minimum Gasteiger partial charge on any atom is -0.354 e. The molecule has 0 radical (unpaired) electrons. The number of hydrogen-bond donors (Lipinski definition) is 2. The van der Waals surface area contributed by atoms with E-state index in [1.165, 1.54) is 0 Å². The number of pyridine rings is 1. The number of piperidine rings is 1. The molecule has 0 spiro atoms. The molecule has 0 saturated carbocycles. The van der Waals surface area contributed by atoms with E-state index in [1.54, 1.807) is 6.20 Å². The first-order valence-electron chi connectivity index (χ1n) is 10.2. The molecule has 4 rings (SSSR count). The molecule has 6 heteroatoms. The summed E-state index contributed by atoms with van der Waals surface area (Å²) in [6.45, 7) is 2.42. The summed E-state index contributed by atoms with van der Waals surface area (Å²) in [6, 6.07) is 17.7. The van der Waals surface area contributed by atoms with E-state index in [9.17, 15) is 4.79 Å². The van der Waals surface area contributed by atoms with Crippen LogP contribution >= 0.6 is 0 Å². The fourth-order valence-corrected chi connectivity index (χ4v) is 3.90. The lowest BCUT2D eigenvalue weighted by Gasteiger charge is -2.31. The third-order valence-electron chi connectivity index (χ3n) is 5.49. The topological polar surface area (TPSA) is 80.1 Å². The van der Waals surface area contributed by atoms with Gasteiger partial charge in [-0.1, -0.05) is 41.6 Å². The van der Waals surface area contributed by atoms with Crippen molar-refractivity contribution in [3.05, 3.63) is 72.1 Å². The van der Waals surface area contributed by atoms with Crippen LogP contribution in [0.3, 0.4) is 0 Å². The van der Waals surface area contributed by atoms with Gasteiger partial charge in [0.1, 0.15) is 5.69 Å². The van der Waals surface area contributed by atoms with Crippen LogP contribution in [0.2, 0.25) is 0 Å². The Morgan fingerprint density at radius 1 is 1.14 bits per heavy atom. The number of nitrogens with zero attached hydrogens (tertiary/aromatic N) is 2. The van der Waals surface area contributed by atoms with Gasteiger partial charge in [0.05, 0.1) is 5.69 Å². The first-order chi connectivity index (χ1) is 14.3. The first kappa shape index (κ1) is 19.3. The predicted molar refractivity (Wildman–Crippen MR) is 111 cm³/mol. The van der Waals surface area contributed by atoms with Gasteiger partial charge in [-0.15, -0.1) is 0 Å². The van der Waals surface area contributed by atoms with Gasteiger partial charge in [0.15, 0.2) is 5.76 Å². The smallest absolute Gasteiger partial charge is 0.220 e. The molecule has 1 aliphatic rings. The van der Waals surface area contributed by atoms with Crippen LogP contribution < -0.4 is 10.6 Å². The molecular formula is C23H26N4O2. The molecule has 6 nitrogen and oxygen atoms in total. The summed E-state index contributed by atoms with van der Waals surface area (Å²) in [5.41, 5.74) is 2.81. The average molecular weight is 390 g/mol. The molecule has 3 aromatic rings. The highest BCUT2D eigenvalue weighted by Gasteiger charge is 2.28. The molecule has 2 aromatic heterocycles. The van der Waals surface area contributed by atoms with Crippen molar-refractivity contribution < 1.29 is 9.32 Å². The van der Waals surface area contributed by atoms with Crippen molar-refractivity contribution in [3.8, 4) is 11.5 Å². The van der Waals surface area contributed by atoms with Gasteiger partial charge in [-0.05, 0) is 55.5 Å². The molecule has 1 aromatic carbocycles. The molecule has 150 valence electrons. The third kappa shape index (κ3) is 5.29. The highest BCUT2D eigenvalue weighted by molar-refractivity contribution is 5.76. The Morgan fingerprint density at radius 2 is 2.00 bits per heavy atom. The minimum atomic E-state index is 0.111. The van der Waals surface area contributed by atoms with Gasteiger partial charge in [-0.3, -0.25) is 9.78 Å². The maximum Gasteiger partial charge on any atom is 0.220 e. The minimum absolute atomic E-state index is 0.111. The van der Waals surface area contributed by atoms with Crippen molar-refractivity contribution in [3.63, 3.8) is 0 Å². The lowest BCUT2D eigenvalue weighted by atomic mass is 9.81. The van der Waals surface area contributed by atoms with Crippen molar-refractivity contribution in [2.75, 3.05) is 13.1 Å². The van der Waals surface area contributed by atoms with Gasteiger partial charge in [0.2, 0.25) is 5.91 Å². The molecule has 3 heterocycles. The Kier molecular flexibility index (Phi) is 6.32. The Labute approximate surface area is 170 Å². The fourth-order valence-electron chi connectivity index (χ4n) is 3.90. The molecule has 2 N–H and O–H groups in total. The quantitative estimate of drug-likeness (QED) is 0.648. The van der Waals surface area contributed by atoms with Gasteiger partial charge in [0.25, 0.3) is 0 Å². The molecule has 0 unspecified atom stereocenters. The van der Waals surface area contributed by atoms with Crippen LogP contribution in [0.15, 0.2) is 65.3 Å². The summed E-state index contributed by atoms with van der Waals surface area (Å²) in [5, 5.41) is 10.7. The largest absolute Gasteiger partial charge is 0.354 e. The second-order valence-corrected chi connectivity index (χ2v) is 7.58. The van der Waals surface area contributed by atoms with E-state index in [4.69, 9.17) is 4.52 Å². The second-order valence-electron chi connectivity index (χ2n) is 7.58. The van der Waals surface area contributed by atoms with Crippen molar-refractivity contribution in [1.29, 1.82) is 0 Å². The van der Waals surface area contributed by atoms with E-state index < -0.39 is 0 Å². The van der Waals surface area contributed by atoms with Crippen molar-refractivity contribution in [2.24, 2.45) is 11.8 Å². The number of carbonyl (C=O) groups excluding carboxylic acids is 1. The Morgan fingerprint density at radius 3 is 2.83 bits per heavy atom. The van der Waals surface area contributed by atoms with Crippen LogP contribution in [0.1, 0.15) is 24.1 Å². The SMILES string of the molecule is O=C(C[C@H]1CCNC[C@@H]1Cc1cc(-c2ccccn2)on1)NCc1ccccc1. The summed E-state index contributed by atoms with van der Waals surface area (Å²) in [7, 11) is 0. The molecule has 1 aliphatic heterocycles. The maximum absolute atomic E-state index is 12.5. The van der Waals surface area contributed by atoms with Crippen molar-refractivity contribution in [2.45, 2.75) is 25.8 Å². The van der Waals surface area contributed by atoms with E-state index in [2.05, 4.69) is 20.8 Å². The zero-order chi connectivity index (χ0) is 19.9. The molecule has 29 heavy (non-hydrogen) atoms. The van der Waals surface area contributed by atoms with Crippen LogP contribution in [-0.4, -0.2) is 29.1 Å². The van der Waals surface area contributed by atoms with E-state index in [1.807, 2.05) is 54.6 Å². The summed E-state index contributed by atoms with van der Waals surface area (Å²) >= 11 is 0. The molecule has 0 bridgehead atoms. The zero-order valence-corrected chi connectivity index (χ0v) is 16.4. The van der Waals surface area contributed by atoms with Crippen LogP contribution in [0, 0.1) is 11.8 Å². The summed E-state index contributed by atoms with van der Waals surface area (Å²) in [4.78, 5) is 16.8. The summed E-state index contributed by atoms with van der Waals surface area (Å²) in [6.07, 6.45) is 4.07. The molecule has 2 atom stereocenters. The summed E-state index contributed by atoms with van der Waals surface area (Å²) in [5.74, 6) is 1.48. The Hall–Kier alpha value is -2.99. The Balaban J connectivity index is 1.34. The van der Waals surface area contributed by atoms with Crippen LogP contribution in [-0.2, 0) is 17.8 Å². The lowest BCUT2D eigenvalue weighted by Crippen LogP contribution is -2.40. The van der Waals surface area contributed by atoms with Crippen LogP contribution in [0.5, 0.6) is 0 Å². The fraction of sp³-hybridized carbons (Fsp3) is 0.348. The first-order valence-corrected chi connectivity index (χ1v) is 10.2. The van der Waals surface area contributed by atoms with Crippen molar-refractivity contribution in [1.82, 2.24) is 20.8 Å². The van der Waals surface area contributed by atoms with Crippen molar-refractivity contribution >= 4 is 5.91 Å². The maximum atomic E-state index is 12.5. The molecule has 1 fully saturated rings. The monoisotopic (exact) mass is 390 g/mol. The number of amides is 1. The molecular weight excluding hydrogens is 364 g/mol. The number of aromatic nitrogens is 2. The normalized spacial score (nSPS) is 19.0. The number of rotatable bonds is 7. The standard InChI is InChI=1S/C23H26N4O2/c28-23(26-15-17-6-2-1-3-7-17)13-18-9-11-24-16-19(18)12-20-14-22(29-27-20)21-8-4-5-10-25-21/h1-8,10,14,18-19,24H,9,11-13,15-16H2,(H,26,28)/t18-,19+/m1/s1. The predicted octanol–water partition coefficient (Wildman–Crippen LogP) is 3.21. The number of benzene rings is 1. The van der Waals surface area contributed by atoms with Gasteiger partial charge < -0.3 is 15.2 Å². The van der Waals surface area contributed by atoms with Gasteiger partial charge in [-0.2, -0.15) is 0 Å². The highest BCUT2D eigenvalue weighted by Crippen LogP contribution is 2.27. The van der Waals surface area contributed by atoms with Crippen LogP contribution in [0.25, 0.3) is 11.5 Å². The molecule has 1 saturated heterocycles. The lowest BCUT2D eigenvalue weighted by molar-refractivity contribution is -0.122. The second kappa shape index (κ2) is 9.47. The van der Waals surface area contributed by atoms with E-state index in [0.717, 1.165) is 42.9 Å². The van der Waals surface area contributed by atoms with E-state index in [-0.39, 0.29) is 5.91 Å². The van der Waals surface area contributed by atoms with Gasteiger partial charge in [-0.25, -0.2) is 0 Å². The summed E-state index contributed by atoms with van der Waals surface area (Å²) < 4.78 is 5.48. The van der Waals surface area contributed by atoms with Crippen LogP contribution in [0.4, 0.5) is 0 Å². The number of carbonyl (C=O) groups is 1. The zero-order valence-electron chi connectivity index (χ0n) is 16.4. The average Bonchev–Trinajstić information content (AvgIpc) is 3.24.